The maximum absolute atomic E-state index is 12.3. The third-order valence-electron chi connectivity index (χ3n) is 5.27. The van der Waals surface area contributed by atoms with Crippen LogP contribution in [0.2, 0.25) is 0 Å². The van der Waals surface area contributed by atoms with E-state index in [1.807, 2.05) is 60.7 Å². The molecular weight excluding hydrogens is 440 g/mol. The molecule has 6 heteroatoms. The fourth-order valence-electron chi connectivity index (χ4n) is 3.39. The molecule has 0 heterocycles. The summed E-state index contributed by atoms with van der Waals surface area (Å²) in [7, 11) is 0. The average Bonchev–Trinajstić information content (AvgIpc) is 2.92. The third kappa shape index (κ3) is 7.20. The molecule has 2 amide bonds. The summed E-state index contributed by atoms with van der Waals surface area (Å²) in [4.78, 5) is 24.4. The van der Waals surface area contributed by atoms with Gasteiger partial charge in [-0.2, -0.15) is 0 Å². The van der Waals surface area contributed by atoms with Crippen LogP contribution in [0.5, 0.6) is 11.5 Å². The smallest absolute Gasteiger partial charge is 0.276 e. The van der Waals surface area contributed by atoms with Crippen LogP contribution in [0.1, 0.15) is 15.9 Å². The Hall–Kier alpha value is -4.58. The number of rotatable bonds is 9. The highest BCUT2D eigenvalue weighted by atomic mass is 16.5. The molecule has 176 valence electrons. The van der Waals surface area contributed by atoms with Gasteiger partial charge in [-0.05, 0) is 53.1 Å². The normalized spacial score (nSPS) is 10.3. The number of carbonyl (C=O) groups excluding carboxylic acids is 2. The molecule has 0 aliphatic heterocycles. The molecule has 6 nitrogen and oxygen atoms in total. The second-order valence-electron chi connectivity index (χ2n) is 7.79. The highest BCUT2D eigenvalue weighted by Gasteiger charge is 2.09. The number of hydrogen-bond acceptors (Lipinski definition) is 4. The van der Waals surface area contributed by atoms with E-state index in [0.29, 0.717) is 23.7 Å². The largest absolute Gasteiger partial charge is 0.493 e. The Kier molecular flexibility index (Phi) is 8.11. The van der Waals surface area contributed by atoms with E-state index in [1.54, 1.807) is 36.4 Å². The zero-order valence-corrected chi connectivity index (χ0v) is 19.1. The van der Waals surface area contributed by atoms with E-state index in [-0.39, 0.29) is 6.61 Å². The van der Waals surface area contributed by atoms with Gasteiger partial charge >= 0.3 is 0 Å². The number of nitrogens with one attached hydrogen (secondary N) is 2. The van der Waals surface area contributed by atoms with E-state index in [0.717, 1.165) is 17.5 Å². The lowest BCUT2D eigenvalue weighted by Gasteiger charge is -2.10. The minimum atomic E-state index is -0.466. The Morgan fingerprint density at radius 1 is 0.600 bits per heavy atom. The molecular formula is C29H26N2O4. The van der Waals surface area contributed by atoms with Crippen LogP contribution in [-0.2, 0) is 11.2 Å². The second kappa shape index (κ2) is 12.0. The van der Waals surface area contributed by atoms with Gasteiger partial charge in [0.1, 0.15) is 11.5 Å². The molecule has 0 saturated carbocycles. The van der Waals surface area contributed by atoms with E-state index in [4.69, 9.17) is 9.47 Å². The van der Waals surface area contributed by atoms with Gasteiger partial charge in [0.15, 0.2) is 6.61 Å². The first-order valence-corrected chi connectivity index (χ1v) is 11.3. The summed E-state index contributed by atoms with van der Waals surface area (Å²) < 4.78 is 11.2. The Morgan fingerprint density at radius 2 is 1.17 bits per heavy atom. The highest BCUT2D eigenvalue weighted by molar-refractivity contribution is 5.95. The maximum atomic E-state index is 12.3. The third-order valence-corrected chi connectivity index (χ3v) is 5.27. The first-order valence-electron chi connectivity index (χ1n) is 11.3. The van der Waals surface area contributed by atoms with E-state index < -0.39 is 11.8 Å². The molecule has 35 heavy (non-hydrogen) atoms. The van der Waals surface area contributed by atoms with Gasteiger partial charge in [0.25, 0.3) is 11.8 Å². The van der Waals surface area contributed by atoms with Gasteiger partial charge in [-0.1, -0.05) is 72.8 Å². The summed E-state index contributed by atoms with van der Waals surface area (Å²) in [6, 6.07) is 34.3. The molecule has 0 fully saturated rings. The predicted molar refractivity (Wildman–Crippen MR) is 135 cm³/mol. The van der Waals surface area contributed by atoms with Crippen molar-refractivity contribution in [2.75, 3.05) is 13.2 Å². The monoisotopic (exact) mass is 466 g/mol. The van der Waals surface area contributed by atoms with Crippen LogP contribution < -0.4 is 20.3 Å². The summed E-state index contributed by atoms with van der Waals surface area (Å²) in [5.41, 5.74) is 8.51. The summed E-state index contributed by atoms with van der Waals surface area (Å²) in [6.07, 6.45) is 0.800. The minimum absolute atomic E-state index is 0.223. The first kappa shape index (κ1) is 23.6. The quantitative estimate of drug-likeness (QED) is 0.347. The van der Waals surface area contributed by atoms with Crippen molar-refractivity contribution in [3.63, 3.8) is 0 Å². The van der Waals surface area contributed by atoms with Crippen LogP contribution >= 0.6 is 0 Å². The summed E-state index contributed by atoms with van der Waals surface area (Å²) in [5, 5.41) is 0. The highest BCUT2D eigenvalue weighted by Crippen LogP contribution is 2.22. The maximum Gasteiger partial charge on any atom is 0.276 e. The number of amides is 2. The molecule has 2 N–H and O–H groups in total. The molecule has 0 aromatic heterocycles. The fourth-order valence-corrected chi connectivity index (χ4v) is 3.39. The Labute approximate surface area is 204 Å². The van der Waals surface area contributed by atoms with Crippen molar-refractivity contribution in [1.29, 1.82) is 0 Å². The van der Waals surface area contributed by atoms with E-state index in [2.05, 4.69) is 23.0 Å². The summed E-state index contributed by atoms with van der Waals surface area (Å²) in [5.74, 6) is 0.343. The van der Waals surface area contributed by atoms with Gasteiger partial charge in [-0.3, -0.25) is 20.4 Å². The van der Waals surface area contributed by atoms with Crippen molar-refractivity contribution < 1.29 is 19.1 Å². The zero-order chi connectivity index (χ0) is 24.3. The van der Waals surface area contributed by atoms with Crippen molar-refractivity contribution in [3.05, 3.63) is 120 Å². The lowest BCUT2D eigenvalue weighted by Crippen LogP contribution is -2.43. The lowest BCUT2D eigenvalue weighted by atomic mass is 10.1. The van der Waals surface area contributed by atoms with Crippen LogP contribution in [0.15, 0.2) is 109 Å². The average molecular weight is 467 g/mol. The Bertz CT molecular complexity index is 1230. The molecule has 0 unspecified atom stereocenters. The van der Waals surface area contributed by atoms with Gasteiger partial charge < -0.3 is 9.47 Å². The molecule has 4 rings (SSSR count). The molecule has 4 aromatic rings. The van der Waals surface area contributed by atoms with Gasteiger partial charge in [-0.15, -0.1) is 0 Å². The molecule has 0 radical (unpaired) electrons. The van der Waals surface area contributed by atoms with Gasteiger partial charge in [0.05, 0.1) is 6.61 Å². The van der Waals surface area contributed by atoms with Crippen molar-refractivity contribution in [1.82, 2.24) is 10.9 Å². The summed E-state index contributed by atoms with van der Waals surface area (Å²) in [6.45, 7) is 0.319. The molecule has 0 saturated heterocycles. The van der Waals surface area contributed by atoms with Gasteiger partial charge in [-0.25, -0.2) is 0 Å². The number of benzene rings is 4. The van der Waals surface area contributed by atoms with Crippen LogP contribution in [0.4, 0.5) is 0 Å². The van der Waals surface area contributed by atoms with Crippen LogP contribution in [0.25, 0.3) is 11.1 Å². The molecule has 0 atom stereocenters. The lowest BCUT2D eigenvalue weighted by molar-refractivity contribution is -0.123. The topological polar surface area (TPSA) is 76.7 Å². The second-order valence-corrected chi connectivity index (χ2v) is 7.79. The number of hydrogen-bond donors (Lipinski definition) is 2. The van der Waals surface area contributed by atoms with Crippen molar-refractivity contribution in [2.45, 2.75) is 6.42 Å². The van der Waals surface area contributed by atoms with Crippen LogP contribution in [-0.4, -0.2) is 25.0 Å². The zero-order valence-electron chi connectivity index (χ0n) is 19.1. The van der Waals surface area contributed by atoms with E-state index in [9.17, 15) is 9.59 Å². The molecule has 0 aliphatic rings. The van der Waals surface area contributed by atoms with Crippen molar-refractivity contribution in [2.24, 2.45) is 0 Å². The number of ether oxygens (including phenoxy) is 2. The SMILES string of the molecule is O=C(COc1ccc(-c2ccccc2)cc1)NNC(=O)c1ccc(OCCc2ccccc2)cc1. The van der Waals surface area contributed by atoms with Gasteiger partial charge in [0.2, 0.25) is 0 Å². The molecule has 0 spiro atoms. The molecule has 0 aliphatic carbocycles. The van der Waals surface area contributed by atoms with Crippen molar-refractivity contribution >= 4 is 11.8 Å². The summed E-state index contributed by atoms with van der Waals surface area (Å²) >= 11 is 0. The predicted octanol–water partition coefficient (Wildman–Crippen LogP) is 4.82. The van der Waals surface area contributed by atoms with E-state index >= 15 is 0 Å². The van der Waals surface area contributed by atoms with Crippen LogP contribution in [0, 0.1) is 0 Å². The number of hydrazine groups is 1. The number of carbonyl (C=O) groups is 2. The molecule has 0 bridgehead atoms. The van der Waals surface area contributed by atoms with Crippen molar-refractivity contribution in [3.8, 4) is 22.6 Å². The minimum Gasteiger partial charge on any atom is -0.493 e. The Balaban J connectivity index is 1.17. The standard InChI is InChI=1S/C29H26N2O4/c32-28(21-35-27-15-11-24(12-16-27)23-9-5-2-6-10-23)30-31-29(33)25-13-17-26(18-14-25)34-20-19-22-7-3-1-4-8-22/h1-18H,19-21H2,(H,30,32)(H,31,33). The van der Waals surface area contributed by atoms with Crippen LogP contribution in [0.3, 0.4) is 0 Å². The fraction of sp³-hybridized carbons (Fsp3) is 0.103. The first-order chi connectivity index (χ1) is 17.2. The Morgan fingerprint density at radius 3 is 1.86 bits per heavy atom. The molecule has 4 aromatic carbocycles. The van der Waals surface area contributed by atoms with Gasteiger partial charge in [0, 0.05) is 12.0 Å². The van der Waals surface area contributed by atoms with E-state index in [1.165, 1.54) is 5.56 Å².